The zero-order valence-corrected chi connectivity index (χ0v) is 7.84. The molecule has 0 spiro atoms. The van der Waals surface area contributed by atoms with Crippen LogP contribution in [0.2, 0.25) is 0 Å². The molecule has 0 aromatic heterocycles. The molecular formula is C9H19NO. The Morgan fingerprint density at radius 3 is 2.82 bits per heavy atom. The second kappa shape index (κ2) is 4.07. The average Bonchev–Trinajstić information content (AvgIpc) is 1.85. The van der Waals surface area contributed by atoms with E-state index in [-0.39, 0.29) is 0 Å². The Bertz CT molecular complexity index is 112. The molecule has 0 N–H and O–H groups in total. The van der Waals surface area contributed by atoms with Crippen molar-refractivity contribution in [1.29, 1.82) is 0 Å². The third-order valence-corrected chi connectivity index (χ3v) is 1.95. The van der Waals surface area contributed by atoms with E-state index in [0.29, 0.717) is 6.10 Å². The monoisotopic (exact) mass is 157 g/mol. The Hall–Kier alpha value is -0.0800. The minimum Gasteiger partial charge on any atom is -0.376 e. The second-order valence-electron chi connectivity index (χ2n) is 3.83. The van der Waals surface area contributed by atoms with Crippen LogP contribution in [0.5, 0.6) is 0 Å². The summed E-state index contributed by atoms with van der Waals surface area (Å²) in [7, 11) is 0. The van der Waals surface area contributed by atoms with Gasteiger partial charge in [-0.2, -0.15) is 0 Å². The van der Waals surface area contributed by atoms with Crippen molar-refractivity contribution < 1.29 is 4.74 Å². The Morgan fingerprint density at radius 1 is 1.55 bits per heavy atom. The highest BCUT2D eigenvalue weighted by molar-refractivity contribution is 4.68. The molecule has 1 atom stereocenters. The van der Waals surface area contributed by atoms with Crippen molar-refractivity contribution in [2.24, 2.45) is 5.92 Å². The van der Waals surface area contributed by atoms with Crippen LogP contribution >= 0.6 is 0 Å². The Labute approximate surface area is 69.5 Å². The fourth-order valence-corrected chi connectivity index (χ4v) is 1.57. The third-order valence-electron chi connectivity index (χ3n) is 1.95. The maximum Gasteiger partial charge on any atom is 0.0674 e. The molecule has 0 saturated carbocycles. The van der Waals surface area contributed by atoms with E-state index in [1.165, 1.54) is 6.54 Å². The van der Waals surface area contributed by atoms with Gasteiger partial charge in [0.15, 0.2) is 0 Å². The second-order valence-corrected chi connectivity index (χ2v) is 3.83. The highest BCUT2D eigenvalue weighted by Gasteiger charge is 2.16. The summed E-state index contributed by atoms with van der Waals surface area (Å²) in [4.78, 5) is 2.48. The molecule has 0 amide bonds. The first-order chi connectivity index (χ1) is 5.18. The molecular weight excluding hydrogens is 138 g/mol. The van der Waals surface area contributed by atoms with Crippen molar-refractivity contribution in [2.45, 2.75) is 26.9 Å². The average molecular weight is 157 g/mol. The first kappa shape index (κ1) is 9.01. The first-order valence-electron chi connectivity index (χ1n) is 4.52. The van der Waals surface area contributed by atoms with Gasteiger partial charge in [0.1, 0.15) is 0 Å². The SMILES string of the molecule is CC(C)CN1CCO[C@@H](C)C1. The fourth-order valence-electron chi connectivity index (χ4n) is 1.57. The summed E-state index contributed by atoms with van der Waals surface area (Å²) in [5.41, 5.74) is 0. The molecule has 0 aliphatic carbocycles. The molecule has 0 radical (unpaired) electrons. The van der Waals surface area contributed by atoms with E-state index >= 15 is 0 Å². The lowest BCUT2D eigenvalue weighted by Crippen LogP contribution is -2.42. The van der Waals surface area contributed by atoms with E-state index in [1.54, 1.807) is 0 Å². The molecule has 0 bridgehead atoms. The quantitative estimate of drug-likeness (QED) is 0.600. The number of ether oxygens (including phenoxy) is 1. The molecule has 0 unspecified atom stereocenters. The number of hydrogen-bond acceptors (Lipinski definition) is 2. The summed E-state index contributed by atoms with van der Waals surface area (Å²) < 4.78 is 5.45. The number of morpholine rings is 1. The number of hydrogen-bond donors (Lipinski definition) is 0. The fraction of sp³-hybridized carbons (Fsp3) is 1.00. The van der Waals surface area contributed by atoms with Gasteiger partial charge in [0.2, 0.25) is 0 Å². The normalized spacial score (nSPS) is 27.8. The van der Waals surface area contributed by atoms with Crippen LogP contribution in [0.1, 0.15) is 20.8 Å². The molecule has 1 aliphatic rings. The maximum absolute atomic E-state index is 5.45. The molecule has 2 nitrogen and oxygen atoms in total. The van der Waals surface area contributed by atoms with E-state index in [1.807, 2.05) is 0 Å². The van der Waals surface area contributed by atoms with Crippen LogP contribution in [-0.4, -0.2) is 37.2 Å². The van der Waals surface area contributed by atoms with Crippen LogP contribution in [0, 0.1) is 5.92 Å². The van der Waals surface area contributed by atoms with Gasteiger partial charge in [-0.1, -0.05) is 13.8 Å². The van der Waals surface area contributed by atoms with Crippen molar-refractivity contribution >= 4 is 0 Å². The molecule has 2 heteroatoms. The van der Waals surface area contributed by atoms with Crippen LogP contribution in [0.25, 0.3) is 0 Å². The van der Waals surface area contributed by atoms with Crippen LogP contribution in [-0.2, 0) is 4.74 Å². The van der Waals surface area contributed by atoms with Crippen molar-refractivity contribution in [2.75, 3.05) is 26.2 Å². The largest absolute Gasteiger partial charge is 0.376 e. The Morgan fingerprint density at radius 2 is 2.27 bits per heavy atom. The molecule has 1 aliphatic heterocycles. The van der Waals surface area contributed by atoms with Crippen molar-refractivity contribution in [3.8, 4) is 0 Å². The lowest BCUT2D eigenvalue weighted by Gasteiger charge is -2.32. The molecule has 1 heterocycles. The van der Waals surface area contributed by atoms with Gasteiger partial charge in [-0.3, -0.25) is 4.90 Å². The molecule has 1 rings (SSSR count). The molecule has 0 aromatic rings. The lowest BCUT2D eigenvalue weighted by molar-refractivity contribution is -0.0216. The van der Waals surface area contributed by atoms with Gasteiger partial charge in [-0.05, 0) is 12.8 Å². The summed E-state index contributed by atoms with van der Waals surface area (Å²) in [5, 5.41) is 0. The van der Waals surface area contributed by atoms with E-state index in [2.05, 4.69) is 25.7 Å². The summed E-state index contributed by atoms with van der Waals surface area (Å²) >= 11 is 0. The van der Waals surface area contributed by atoms with Crippen LogP contribution in [0.4, 0.5) is 0 Å². The van der Waals surface area contributed by atoms with Crippen molar-refractivity contribution in [1.82, 2.24) is 4.90 Å². The van der Waals surface area contributed by atoms with E-state index < -0.39 is 0 Å². The van der Waals surface area contributed by atoms with Gasteiger partial charge in [0.25, 0.3) is 0 Å². The minimum atomic E-state index is 0.433. The molecule has 66 valence electrons. The van der Waals surface area contributed by atoms with Crippen molar-refractivity contribution in [3.63, 3.8) is 0 Å². The topological polar surface area (TPSA) is 12.5 Å². The Kier molecular flexibility index (Phi) is 3.34. The van der Waals surface area contributed by atoms with Gasteiger partial charge < -0.3 is 4.74 Å². The van der Waals surface area contributed by atoms with Crippen molar-refractivity contribution in [3.05, 3.63) is 0 Å². The van der Waals surface area contributed by atoms with Crippen LogP contribution < -0.4 is 0 Å². The predicted octanol–water partition coefficient (Wildman–Crippen LogP) is 1.36. The highest BCUT2D eigenvalue weighted by atomic mass is 16.5. The van der Waals surface area contributed by atoms with E-state index in [4.69, 9.17) is 4.74 Å². The number of rotatable bonds is 2. The zero-order chi connectivity index (χ0) is 8.27. The summed E-state index contributed by atoms with van der Waals surface area (Å²) in [6.45, 7) is 11.0. The van der Waals surface area contributed by atoms with Gasteiger partial charge >= 0.3 is 0 Å². The molecule has 0 aromatic carbocycles. The summed E-state index contributed by atoms with van der Waals surface area (Å²) in [5.74, 6) is 0.778. The molecule has 1 saturated heterocycles. The van der Waals surface area contributed by atoms with Crippen LogP contribution in [0.3, 0.4) is 0 Å². The summed E-state index contributed by atoms with van der Waals surface area (Å²) in [6.07, 6.45) is 0.433. The van der Waals surface area contributed by atoms with Gasteiger partial charge in [-0.25, -0.2) is 0 Å². The Balaban J connectivity index is 2.23. The van der Waals surface area contributed by atoms with Gasteiger partial charge in [-0.15, -0.1) is 0 Å². The standard InChI is InChI=1S/C9H19NO/c1-8(2)6-10-4-5-11-9(3)7-10/h8-9H,4-7H2,1-3H3/t9-/m0/s1. The smallest absolute Gasteiger partial charge is 0.0674 e. The van der Waals surface area contributed by atoms with Gasteiger partial charge in [0.05, 0.1) is 12.7 Å². The lowest BCUT2D eigenvalue weighted by atomic mass is 10.2. The van der Waals surface area contributed by atoms with Gasteiger partial charge in [0, 0.05) is 19.6 Å². The van der Waals surface area contributed by atoms with E-state index in [9.17, 15) is 0 Å². The zero-order valence-electron chi connectivity index (χ0n) is 7.84. The van der Waals surface area contributed by atoms with Crippen LogP contribution in [0.15, 0.2) is 0 Å². The minimum absolute atomic E-state index is 0.433. The predicted molar refractivity (Wildman–Crippen MR) is 46.7 cm³/mol. The van der Waals surface area contributed by atoms with E-state index in [0.717, 1.165) is 25.6 Å². The molecule has 1 fully saturated rings. The third kappa shape index (κ3) is 3.21. The maximum atomic E-state index is 5.45. The summed E-state index contributed by atoms with van der Waals surface area (Å²) in [6, 6.07) is 0. The number of nitrogens with zero attached hydrogens (tertiary/aromatic N) is 1. The molecule has 11 heavy (non-hydrogen) atoms. The highest BCUT2D eigenvalue weighted by Crippen LogP contribution is 2.06. The first-order valence-corrected chi connectivity index (χ1v) is 4.52.